The van der Waals surface area contributed by atoms with Crippen molar-refractivity contribution in [3.05, 3.63) is 102 Å². The van der Waals surface area contributed by atoms with Crippen LogP contribution in [0.4, 0.5) is 4.39 Å². The number of rotatable bonds is 3. The molecule has 0 N–H and O–H groups in total. The van der Waals surface area contributed by atoms with Crippen molar-refractivity contribution >= 4 is 10.9 Å². The summed E-state index contributed by atoms with van der Waals surface area (Å²) in [6, 6.07) is 27.0. The van der Waals surface area contributed by atoms with Crippen LogP contribution in [0.5, 0.6) is 5.75 Å². The first-order chi connectivity index (χ1) is 16.2. The highest BCUT2D eigenvalue weighted by atomic mass is 19.1. The van der Waals surface area contributed by atoms with Gasteiger partial charge in [-0.3, -0.25) is 4.98 Å². The third kappa shape index (κ3) is 3.35. The molecule has 3 nitrogen and oxygen atoms in total. The number of methoxy groups -OCH3 is 1. The Hall–Kier alpha value is -4.05. The van der Waals surface area contributed by atoms with Crippen LogP contribution >= 0.6 is 0 Å². The largest absolute Gasteiger partial charge is 0.496 e. The summed E-state index contributed by atoms with van der Waals surface area (Å²) in [6.45, 7) is 0. The van der Waals surface area contributed by atoms with Crippen LogP contribution in [0.3, 0.4) is 0 Å². The van der Waals surface area contributed by atoms with Gasteiger partial charge in [-0.2, -0.15) is 0 Å². The third-order valence-corrected chi connectivity index (χ3v) is 6.33. The number of aryl methyl sites for hydroxylation is 1. The fraction of sp³-hybridized carbons (Fsp3) is 0.103. The van der Waals surface area contributed by atoms with E-state index in [1.54, 1.807) is 19.2 Å². The van der Waals surface area contributed by atoms with Gasteiger partial charge in [0.2, 0.25) is 0 Å². The summed E-state index contributed by atoms with van der Waals surface area (Å²) in [5.41, 5.74) is 9.05. The van der Waals surface area contributed by atoms with Gasteiger partial charge in [0.1, 0.15) is 11.6 Å². The van der Waals surface area contributed by atoms with E-state index in [0.29, 0.717) is 0 Å². The number of hydrogen-bond acceptors (Lipinski definition) is 3. The Morgan fingerprint density at radius 2 is 1.55 bits per heavy atom. The van der Waals surface area contributed by atoms with E-state index in [0.717, 1.165) is 68.8 Å². The minimum Gasteiger partial charge on any atom is -0.496 e. The lowest BCUT2D eigenvalue weighted by Crippen LogP contribution is -2.10. The van der Waals surface area contributed by atoms with Crippen LogP contribution in [0.2, 0.25) is 0 Å². The summed E-state index contributed by atoms with van der Waals surface area (Å²) in [5, 5.41) is 1.09. The standard InChI is InChI=1S/C29H21FN2O/c1-33-28-9-5-3-7-21(28)23-17-27(18-10-12-20(30)13-11-18)32-29-22(23)14-15-26-24(29)16-19-6-2-4-8-25(19)31-26/h2-13,16-17H,14-15H2,1H3. The number of aromatic nitrogens is 2. The van der Waals surface area contributed by atoms with E-state index in [4.69, 9.17) is 14.7 Å². The molecule has 160 valence electrons. The fourth-order valence-corrected chi connectivity index (χ4v) is 4.72. The molecule has 2 aromatic heterocycles. The zero-order chi connectivity index (χ0) is 22.4. The smallest absolute Gasteiger partial charge is 0.126 e. The van der Waals surface area contributed by atoms with Crippen LogP contribution in [0, 0.1) is 5.82 Å². The van der Waals surface area contributed by atoms with Crippen LogP contribution in [0.15, 0.2) is 84.9 Å². The number of ether oxygens (including phenoxy) is 1. The van der Waals surface area contributed by atoms with Gasteiger partial charge in [-0.1, -0.05) is 36.4 Å². The number of benzene rings is 3. The SMILES string of the molecule is COc1ccccc1-c1cc(-c2ccc(F)cc2)nc2c1CCc1nc3ccccc3cc1-2. The number of hydrogen-bond donors (Lipinski definition) is 0. The predicted molar refractivity (Wildman–Crippen MR) is 130 cm³/mol. The van der Waals surface area contributed by atoms with Gasteiger partial charge in [-0.15, -0.1) is 0 Å². The van der Waals surface area contributed by atoms with Crippen molar-refractivity contribution in [2.24, 2.45) is 0 Å². The van der Waals surface area contributed by atoms with Crippen molar-refractivity contribution in [2.45, 2.75) is 12.8 Å². The first kappa shape index (κ1) is 19.6. The highest BCUT2D eigenvalue weighted by Crippen LogP contribution is 2.42. The maximum atomic E-state index is 13.6. The van der Waals surface area contributed by atoms with E-state index in [2.05, 4.69) is 24.3 Å². The molecule has 0 fully saturated rings. The molecule has 3 aromatic carbocycles. The molecule has 5 aromatic rings. The molecule has 1 aliphatic rings. The first-order valence-electron chi connectivity index (χ1n) is 11.0. The number of fused-ring (bicyclic) bond motifs is 4. The highest BCUT2D eigenvalue weighted by molar-refractivity contribution is 5.89. The number of para-hydroxylation sites is 2. The summed E-state index contributed by atoms with van der Waals surface area (Å²) in [5.74, 6) is 0.557. The van der Waals surface area contributed by atoms with Crippen LogP contribution in [0.25, 0.3) is 44.5 Å². The molecule has 0 unspecified atom stereocenters. The second kappa shape index (κ2) is 7.82. The molecular weight excluding hydrogens is 411 g/mol. The molecule has 6 rings (SSSR count). The monoisotopic (exact) mass is 432 g/mol. The average molecular weight is 432 g/mol. The Balaban J connectivity index is 1.66. The molecule has 0 spiro atoms. The van der Waals surface area contributed by atoms with Crippen LogP contribution in [-0.4, -0.2) is 17.1 Å². The maximum Gasteiger partial charge on any atom is 0.126 e. The van der Waals surface area contributed by atoms with Crippen molar-refractivity contribution in [1.82, 2.24) is 9.97 Å². The van der Waals surface area contributed by atoms with Gasteiger partial charge < -0.3 is 4.74 Å². The van der Waals surface area contributed by atoms with E-state index >= 15 is 0 Å². The molecule has 1 aliphatic carbocycles. The fourth-order valence-electron chi connectivity index (χ4n) is 4.72. The lowest BCUT2D eigenvalue weighted by molar-refractivity contribution is 0.416. The number of pyridine rings is 2. The van der Waals surface area contributed by atoms with Gasteiger partial charge in [0.25, 0.3) is 0 Å². The van der Waals surface area contributed by atoms with E-state index < -0.39 is 0 Å². The molecule has 0 radical (unpaired) electrons. The molecule has 0 atom stereocenters. The summed E-state index contributed by atoms with van der Waals surface area (Å²) in [6.07, 6.45) is 1.70. The second-order valence-electron chi connectivity index (χ2n) is 8.26. The van der Waals surface area contributed by atoms with Gasteiger partial charge >= 0.3 is 0 Å². The minimum absolute atomic E-state index is 0.261. The minimum atomic E-state index is -0.261. The molecule has 0 aliphatic heterocycles. The van der Waals surface area contributed by atoms with E-state index in [1.807, 2.05) is 36.4 Å². The molecular formula is C29H21FN2O. The van der Waals surface area contributed by atoms with E-state index in [1.165, 1.54) is 17.7 Å². The average Bonchev–Trinajstić information content (AvgIpc) is 2.87. The Morgan fingerprint density at radius 3 is 2.39 bits per heavy atom. The van der Waals surface area contributed by atoms with Crippen molar-refractivity contribution < 1.29 is 9.13 Å². The van der Waals surface area contributed by atoms with Gasteiger partial charge in [0.15, 0.2) is 0 Å². The zero-order valence-electron chi connectivity index (χ0n) is 18.2. The van der Waals surface area contributed by atoms with Crippen LogP contribution in [0.1, 0.15) is 11.3 Å². The molecule has 4 heteroatoms. The molecule has 0 saturated carbocycles. The van der Waals surface area contributed by atoms with Gasteiger partial charge in [-0.25, -0.2) is 9.37 Å². The third-order valence-electron chi connectivity index (χ3n) is 6.33. The Labute approximate surface area is 191 Å². The lowest BCUT2D eigenvalue weighted by Gasteiger charge is -2.24. The Kier molecular flexibility index (Phi) is 4.65. The van der Waals surface area contributed by atoms with Gasteiger partial charge in [0.05, 0.1) is 29.7 Å². The first-order valence-corrected chi connectivity index (χ1v) is 11.0. The summed E-state index contributed by atoms with van der Waals surface area (Å²) in [4.78, 5) is 10.1. The summed E-state index contributed by atoms with van der Waals surface area (Å²) in [7, 11) is 1.69. The van der Waals surface area contributed by atoms with Crippen LogP contribution in [-0.2, 0) is 12.8 Å². The Bertz CT molecular complexity index is 1510. The quantitative estimate of drug-likeness (QED) is 0.312. The molecule has 2 heterocycles. The summed E-state index contributed by atoms with van der Waals surface area (Å²) < 4.78 is 19.3. The normalized spacial score (nSPS) is 12.3. The topological polar surface area (TPSA) is 35.0 Å². The molecule has 33 heavy (non-hydrogen) atoms. The van der Waals surface area contributed by atoms with Crippen molar-refractivity contribution in [2.75, 3.05) is 7.11 Å². The van der Waals surface area contributed by atoms with Crippen LogP contribution < -0.4 is 4.74 Å². The van der Waals surface area contributed by atoms with Crippen molar-refractivity contribution in [3.63, 3.8) is 0 Å². The van der Waals surface area contributed by atoms with E-state index in [9.17, 15) is 4.39 Å². The number of halogens is 1. The van der Waals surface area contributed by atoms with Crippen molar-refractivity contribution in [1.29, 1.82) is 0 Å². The summed E-state index contributed by atoms with van der Waals surface area (Å²) >= 11 is 0. The number of nitrogens with zero attached hydrogens (tertiary/aromatic N) is 2. The predicted octanol–water partition coefficient (Wildman–Crippen LogP) is 6.88. The molecule has 0 saturated heterocycles. The van der Waals surface area contributed by atoms with Gasteiger partial charge in [0, 0.05) is 22.1 Å². The Morgan fingerprint density at radius 1 is 0.758 bits per heavy atom. The van der Waals surface area contributed by atoms with Gasteiger partial charge in [-0.05, 0) is 72.5 Å². The zero-order valence-corrected chi connectivity index (χ0v) is 18.2. The highest BCUT2D eigenvalue weighted by Gasteiger charge is 2.25. The maximum absolute atomic E-state index is 13.6. The lowest BCUT2D eigenvalue weighted by atomic mass is 9.85. The molecule has 0 bridgehead atoms. The molecule has 0 amide bonds. The second-order valence-corrected chi connectivity index (χ2v) is 8.26. The van der Waals surface area contributed by atoms with E-state index in [-0.39, 0.29) is 5.82 Å². The van der Waals surface area contributed by atoms with Crippen molar-refractivity contribution in [3.8, 4) is 39.4 Å².